The lowest BCUT2D eigenvalue weighted by atomic mass is 10.3. The van der Waals surface area contributed by atoms with Gasteiger partial charge in [-0.3, -0.25) is 0 Å². The van der Waals surface area contributed by atoms with E-state index in [2.05, 4.69) is 0 Å². The molecule has 1 aromatic carbocycles. The van der Waals surface area contributed by atoms with Crippen LogP contribution in [0.5, 0.6) is 5.75 Å². The molecule has 0 amide bonds. The first-order chi connectivity index (χ1) is 4.20. The van der Waals surface area contributed by atoms with Crippen molar-refractivity contribution in [2.45, 2.75) is 0 Å². The van der Waals surface area contributed by atoms with Crippen LogP contribution in [0.2, 0.25) is 5.02 Å². The largest absolute Gasteiger partial charge is 0.871 e. The molecule has 9 heavy (non-hydrogen) atoms. The molecule has 0 unspecified atom stereocenters. The molecule has 0 heterocycles. The van der Waals surface area contributed by atoms with E-state index in [0.29, 0.717) is 5.02 Å². The number of benzene rings is 1. The Kier molecular flexibility index (Phi) is 1.49. The van der Waals surface area contributed by atoms with Crippen molar-refractivity contribution in [1.82, 2.24) is 0 Å². The summed E-state index contributed by atoms with van der Waals surface area (Å²) in [6, 6.07) is 4.29. The standard InChI is InChI=1S/C6H6ClNO/c7-4-1-2-6(9)5(8)3-4/h1-3,9H,8H2/p-1. The van der Waals surface area contributed by atoms with Crippen LogP contribution in [0.4, 0.5) is 5.69 Å². The van der Waals surface area contributed by atoms with Crippen molar-refractivity contribution in [3.05, 3.63) is 23.2 Å². The van der Waals surface area contributed by atoms with E-state index >= 15 is 0 Å². The van der Waals surface area contributed by atoms with Crippen molar-refractivity contribution in [3.8, 4) is 5.75 Å². The zero-order chi connectivity index (χ0) is 6.85. The molecule has 0 aliphatic rings. The molecule has 0 aliphatic carbocycles. The van der Waals surface area contributed by atoms with Gasteiger partial charge in [-0.2, -0.15) is 0 Å². The van der Waals surface area contributed by atoms with Crippen LogP contribution in [0.15, 0.2) is 18.2 Å². The summed E-state index contributed by atoms with van der Waals surface area (Å²) >= 11 is 5.50. The second kappa shape index (κ2) is 2.15. The van der Waals surface area contributed by atoms with Crippen LogP contribution < -0.4 is 10.8 Å². The summed E-state index contributed by atoms with van der Waals surface area (Å²) in [6.45, 7) is 0. The smallest absolute Gasteiger partial charge is 0.0426 e. The highest BCUT2D eigenvalue weighted by Crippen LogP contribution is 2.20. The minimum Gasteiger partial charge on any atom is -0.871 e. The Hall–Kier alpha value is -0.890. The summed E-state index contributed by atoms with van der Waals surface area (Å²) in [5, 5.41) is 11.1. The Balaban J connectivity index is 3.17. The molecule has 0 radical (unpaired) electrons. The number of rotatable bonds is 0. The summed E-state index contributed by atoms with van der Waals surface area (Å²) in [7, 11) is 0. The van der Waals surface area contributed by atoms with Gasteiger partial charge in [0.1, 0.15) is 0 Å². The molecule has 0 bridgehead atoms. The number of hydrogen-bond donors (Lipinski definition) is 1. The first-order valence-corrected chi connectivity index (χ1v) is 2.80. The van der Waals surface area contributed by atoms with Crippen molar-refractivity contribution in [1.29, 1.82) is 0 Å². The summed E-state index contributed by atoms with van der Waals surface area (Å²) in [4.78, 5) is 0. The second-order valence-corrected chi connectivity index (χ2v) is 2.12. The maximum absolute atomic E-state index is 10.6. The third-order valence-electron chi connectivity index (χ3n) is 0.972. The quantitative estimate of drug-likeness (QED) is 0.550. The third kappa shape index (κ3) is 1.27. The fourth-order valence-electron chi connectivity index (χ4n) is 0.519. The first-order valence-electron chi connectivity index (χ1n) is 2.42. The van der Waals surface area contributed by atoms with E-state index in [1.54, 1.807) is 0 Å². The van der Waals surface area contributed by atoms with Gasteiger partial charge in [-0.1, -0.05) is 23.4 Å². The van der Waals surface area contributed by atoms with Crippen molar-refractivity contribution in [2.75, 3.05) is 5.73 Å². The maximum Gasteiger partial charge on any atom is 0.0426 e. The molecule has 0 saturated heterocycles. The molecule has 2 nitrogen and oxygen atoms in total. The maximum atomic E-state index is 10.6. The van der Waals surface area contributed by atoms with Crippen LogP contribution in [-0.4, -0.2) is 0 Å². The molecular weight excluding hydrogens is 138 g/mol. The van der Waals surface area contributed by atoms with Gasteiger partial charge < -0.3 is 10.8 Å². The lowest BCUT2D eigenvalue weighted by molar-refractivity contribution is -0.267. The minimum atomic E-state index is -0.181. The van der Waals surface area contributed by atoms with Gasteiger partial charge in [-0.25, -0.2) is 0 Å². The van der Waals surface area contributed by atoms with Crippen LogP contribution in [0.3, 0.4) is 0 Å². The Bertz CT molecular complexity index is 224. The van der Waals surface area contributed by atoms with Gasteiger partial charge in [0.15, 0.2) is 0 Å². The van der Waals surface area contributed by atoms with Gasteiger partial charge >= 0.3 is 0 Å². The van der Waals surface area contributed by atoms with Crippen molar-refractivity contribution < 1.29 is 5.11 Å². The summed E-state index contributed by atoms with van der Waals surface area (Å²) < 4.78 is 0. The zero-order valence-corrected chi connectivity index (χ0v) is 5.35. The van der Waals surface area contributed by atoms with Crippen molar-refractivity contribution >= 4 is 17.3 Å². The molecule has 3 heteroatoms. The lowest BCUT2D eigenvalue weighted by Crippen LogP contribution is -1.95. The summed E-state index contributed by atoms with van der Waals surface area (Å²) in [5.41, 5.74) is 5.42. The van der Waals surface area contributed by atoms with Gasteiger partial charge in [0, 0.05) is 10.7 Å². The van der Waals surface area contributed by atoms with Gasteiger partial charge in [-0.15, -0.1) is 0 Å². The highest BCUT2D eigenvalue weighted by molar-refractivity contribution is 6.30. The molecule has 2 N–H and O–H groups in total. The first kappa shape index (κ1) is 6.23. The van der Waals surface area contributed by atoms with E-state index in [1.165, 1.54) is 18.2 Å². The predicted molar refractivity (Wildman–Crippen MR) is 35.3 cm³/mol. The Labute approximate surface area is 57.9 Å². The normalized spacial score (nSPS) is 9.44. The number of anilines is 1. The van der Waals surface area contributed by atoms with E-state index < -0.39 is 0 Å². The monoisotopic (exact) mass is 142 g/mol. The van der Waals surface area contributed by atoms with Crippen molar-refractivity contribution in [3.63, 3.8) is 0 Å². The molecule has 0 saturated carbocycles. The van der Waals surface area contributed by atoms with Gasteiger partial charge in [0.25, 0.3) is 0 Å². The van der Waals surface area contributed by atoms with Gasteiger partial charge in [0.2, 0.25) is 0 Å². The minimum absolute atomic E-state index is 0.181. The SMILES string of the molecule is Nc1cc(Cl)ccc1[O-]. The van der Waals surface area contributed by atoms with E-state index in [-0.39, 0.29) is 11.4 Å². The summed E-state index contributed by atoms with van der Waals surface area (Å²) in [6.07, 6.45) is 0. The number of hydrogen-bond acceptors (Lipinski definition) is 2. The Morgan fingerprint density at radius 3 is 2.56 bits per heavy atom. The Morgan fingerprint density at radius 2 is 2.11 bits per heavy atom. The van der Waals surface area contributed by atoms with Crippen LogP contribution in [-0.2, 0) is 0 Å². The average Bonchev–Trinajstić information content (AvgIpc) is 1.80. The summed E-state index contributed by atoms with van der Waals surface area (Å²) in [5.74, 6) is -0.181. The highest BCUT2D eigenvalue weighted by Gasteiger charge is 1.87. The zero-order valence-electron chi connectivity index (χ0n) is 4.60. The number of nitrogens with two attached hydrogens (primary N) is 1. The third-order valence-corrected chi connectivity index (χ3v) is 1.21. The van der Waals surface area contributed by atoms with E-state index in [1.807, 2.05) is 0 Å². The Morgan fingerprint density at radius 1 is 1.44 bits per heavy atom. The molecule has 0 aliphatic heterocycles. The highest BCUT2D eigenvalue weighted by atomic mass is 35.5. The van der Waals surface area contributed by atoms with Crippen LogP contribution in [0.1, 0.15) is 0 Å². The molecule has 1 aromatic rings. The van der Waals surface area contributed by atoms with Gasteiger partial charge in [0.05, 0.1) is 0 Å². The fraction of sp³-hybridized carbons (Fsp3) is 0. The topological polar surface area (TPSA) is 49.1 Å². The van der Waals surface area contributed by atoms with Crippen LogP contribution in [0.25, 0.3) is 0 Å². The molecule has 0 aromatic heterocycles. The van der Waals surface area contributed by atoms with E-state index in [4.69, 9.17) is 17.3 Å². The van der Waals surface area contributed by atoms with Crippen molar-refractivity contribution in [2.24, 2.45) is 0 Å². The molecule has 0 atom stereocenters. The van der Waals surface area contributed by atoms with Gasteiger partial charge in [-0.05, 0) is 12.1 Å². The molecule has 1 rings (SSSR count). The van der Waals surface area contributed by atoms with Crippen LogP contribution >= 0.6 is 11.6 Å². The van der Waals surface area contributed by atoms with E-state index in [0.717, 1.165) is 0 Å². The predicted octanol–water partition coefficient (Wildman–Crippen LogP) is 0.996. The molecule has 48 valence electrons. The number of halogens is 1. The van der Waals surface area contributed by atoms with Crippen LogP contribution in [0, 0.1) is 0 Å². The molecular formula is C6H5ClNO-. The molecule has 0 spiro atoms. The molecule has 0 fully saturated rings. The van der Waals surface area contributed by atoms with E-state index in [9.17, 15) is 5.11 Å². The fourth-order valence-corrected chi connectivity index (χ4v) is 0.700. The number of nitrogen functional groups attached to an aromatic ring is 1. The second-order valence-electron chi connectivity index (χ2n) is 1.68. The lowest BCUT2D eigenvalue weighted by Gasteiger charge is -2.07. The average molecular weight is 143 g/mol.